The molecule has 1 amide bonds. The van der Waals surface area contributed by atoms with Gasteiger partial charge in [0.25, 0.3) is 5.89 Å². The predicted octanol–water partition coefficient (Wildman–Crippen LogP) is 2.72. The van der Waals surface area contributed by atoms with Gasteiger partial charge < -0.3 is 14.6 Å². The molecule has 3 aliphatic rings. The molecule has 1 aliphatic heterocycles. The van der Waals surface area contributed by atoms with E-state index in [0.717, 1.165) is 50.8 Å². The van der Waals surface area contributed by atoms with Crippen molar-refractivity contribution in [3.63, 3.8) is 0 Å². The van der Waals surface area contributed by atoms with Crippen LogP contribution in [-0.2, 0) is 6.54 Å². The number of nitrogens with zero attached hydrogens (tertiary/aromatic N) is 6. The Balaban J connectivity index is 1.22. The third-order valence-electron chi connectivity index (χ3n) is 6.80. The first-order valence-electron chi connectivity index (χ1n) is 11.6. The molecule has 0 spiro atoms. The van der Waals surface area contributed by atoms with Gasteiger partial charge in [-0.25, -0.2) is 4.98 Å². The average molecular weight is 444 g/mol. The molecule has 2 aromatic heterocycles. The standard InChI is InChI=1S/C24H25N7O2/c25-11-15-1-6-20(16-2-3-16)21(9-15)22-13-27-23(33-22)24(32)31(18-4-5-18)19-10-17(26-12-19)14-30-8-7-28-29-30/h1,6-9,13,16-19,26H,2-5,10,12,14H2/t17-,19+/m0/s1. The van der Waals surface area contributed by atoms with Crippen molar-refractivity contribution in [3.8, 4) is 17.4 Å². The van der Waals surface area contributed by atoms with Gasteiger partial charge in [-0.15, -0.1) is 5.10 Å². The summed E-state index contributed by atoms with van der Waals surface area (Å²) in [6, 6.07) is 8.47. The topological polar surface area (TPSA) is 113 Å². The zero-order valence-electron chi connectivity index (χ0n) is 18.2. The molecular weight excluding hydrogens is 418 g/mol. The zero-order valence-corrected chi connectivity index (χ0v) is 18.2. The van der Waals surface area contributed by atoms with Gasteiger partial charge in [0.15, 0.2) is 5.76 Å². The summed E-state index contributed by atoms with van der Waals surface area (Å²) in [5.41, 5.74) is 2.62. The molecule has 2 saturated carbocycles. The summed E-state index contributed by atoms with van der Waals surface area (Å²) in [4.78, 5) is 19.8. The van der Waals surface area contributed by atoms with Crippen molar-refractivity contribution in [2.45, 2.75) is 62.7 Å². The molecule has 3 heterocycles. The minimum absolute atomic E-state index is 0.0952. The smallest absolute Gasteiger partial charge is 0.310 e. The van der Waals surface area contributed by atoms with Gasteiger partial charge in [0, 0.05) is 36.4 Å². The van der Waals surface area contributed by atoms with Gasteiger partial charge in [0.05, 0.1) is 30.6 Å². The number of aromatic nitrogens is 4. The van der Waals surface area contributed by atoms with Crippen molar-refractivity contribution in [2.24, 2.45) is 0 Å². The molecule has 0 unspecified atom stereocenters. The lowest BCUT2D eigenvalue weighted by molar-refractivity contribution is 0.0633. The Labute approximate surface area is 191 Å². The van der Waals surface area contributed by atoms with E-state index < -0.39 is 0 Å². The Kier molecular flexibility index (Phi) is 4.95. The van der Waals surface area contributed by atoms with Gasteiger partial charge in [0.1, 0.15) is 0 Å². The maximum Gasteiger partial charge on any atom is 0.310 e. The Hall–Kier alpha value is -3.51. The Morgan fingerprint density at radius 3 is 2.88 bits per heavy atom. The van der Waals surface area contributed by atoms with Crippen LogP contribution in [0.15, 0.2) is 41.2 Å². The molecule has 1 N–H and O–H groups in total. The van der Waals surface area contributed by atoms with Crippen molar-refractivity contribution < 1.29 is 9.21 Å². The monoisotopic (exact) mass is 443 g/mol. The van der Waals surface area contributed by atoms with Crippen LogP contribution in [0.3, 0.4) is 0 Å². The number of carbonyl (C=O) groups is 1. The van der Waals surface area contributed by atoms with Gasteiger partial charge in [0.2, 0.25) is 0 Å². The molecule has 3 fully saturated rings. The van der Waals surface area contributed by atoms with Crippen molar-refractivity contribution in [3.05, 3.63) is 53.8 Å². The number of hydrogen-bond acceptors (Lipinski definition) is 7. The fraction of sp³-hybridized carbons (Fsp3) is 0.458. The second-order valence-corrected chi connectivity index (χ2v) is 9.28. The number of nitrogens with one attached hydrogen (secondary N) is 1. The largest absolute Gasteiger partial charge is 0.432 e. The second-order valence-electron chi connectivity index (χ2n) is 9.28. The Morgan fingerprint density at radius 1 is 1.27 bits per heavy atom. The normalized spacial score (nSPS) is 22.3. The van der Waals surface area contributed by atoms with E-state index in [9.17, 15) is 10.1 Å². The van der Waals surface area contributed by atoms with E-state index in [2.05, 4.69) is 26.7 Å². The molecule has 1 saturated heterocycles. The SMILES string of the molecule is N#Cc1ccc(C2CC2)c(-c2cnc(C(=O)N(C3CC3)[C@H]3CN[C@H](Cn4ccnn4)C3)o2)c1. The Morgan fingerprint density at radius 2 is 2.15 bits per heavy atom. The summed E-state index contributed by atoms with van der Waals surface area (Å²) in [7, 11) is 0. The van der Waals surface area contributed by atoms with Gasteiger partial charge in [-0.05, 0) is 55.7 Å². The molecule has 9 heteroatoms. The van der Waals surface area contributed by atoms with Crippen LogP contribution in [0, 0.1) is 11.3 Å². The van der Waals surface area contributed by atoms with Crippen LogP contribution >= 0.6 is 0 Å². The molecular formula is C24H25N7O2. The highest BCUT2D eigenvalue weighted by Gasteiger charge is 2.42. The molecule has 0 radical (unpaired) electrons. The highest BCUT2D eigenvalue weighted by Crippen LogP contribution is 2.45. The zero-order chi connectivity index (χ0) is 22.4. The van der Waals surface area contributed by atoms with Gasteiger partial charge in [-0.3, -0.25) is 9.48 Å². The number of rotatable bonds is 7. The average Bonchev–Trinajstić information content (AvgIpc) is 3.69. The highest BCUT2D eigenvalue weighted by atomic mass is 16.4. The minimum Gasteiger partial charge on any atom is -0.432 e. The molecule has 33 heavy (non-hydrogen) atoms. The lowest BCUT2D eigenvalue weighted by atomic mass is 9.99. The van der Waals surface area contributed by atoms with Crippen LogP contribution in [0.25, 0.3) is 11.3 Å². The van der Waals surface area contributed by atoms with E-state index in [1.807, 2.05) is 34.0 Å². The van der Waals surface area contributed by atoms with Crippen LogP contribution in [0.5, 0.6) is 0 Å². The van der Waals surface area contributed by atoms with Crippen molar-refractivity contribution in [2.75, 3.05) is 6.54 Å². The van der Waals surface area contributed by atoms with Crippen molar-refractivity contribution in [1.82, 2.24) is 30.2 Å². The van der Waals surface area contributed by atoms with Crippen LogP contribution < -0.4 is 5.32 Å². The second kappa shape index (κ2) is 8.12. The van der Waals surface area contributed by atoms with Crippen LogP contribution in [0.4, 0.5) is 0 Å². The van der Waals surface area contributed by atoms with E-state index in [0.29, 0.717) is 17.2 Å². The summed E-state index contributed by atoms with van der Waals surface area (Å²) in [6.45, 7) is 1.47. The third-order valence-corrected chi connectivity index (χ3v) is 6.80. The first-order chi connectivity index (χ1) is 16.2. The van der Waals surface area contributed by atoms with E-state index in [1.165, 1.54) is 5.56 Å². The minimum atomic E-state index is -0.152. The lowest BCUT2D eigenvalue weighted by Crippen LogP contribution is -2.43. The molecule has 3 aromatic rings. The van der Waals surface area contributed by atoms with Gasteiger partial charge >= 0.3 is 5.91 Å². The highest BCUT2D eigenvalue weighted by molar-refractivity contribution is 5.91. The van der Waals surface area contributed by atoms with Crippen LogP contribution in [0.1, 0.15) is 59.8 Å². The van der Waals surface area contributed by atoms with E-state index >= 15 is 0 Å². The summed E-state index contributed by atoms with van der Waals surface area (Å²) < 4.78 is 7.84. The number of carbonyl (C=O) groups excluding carboxylic acids is 1. The summed E-state index contributed by atoms with van der Waals surface area (Å²) >= 11 is 0. The quantitative estimate of drug-likeness (QED) is 0.597. The van der Waals surface area contributed by atoms with Crippen LogP contribution in [0.2, 0.25) is 0 Å². The number of amides is 1. The molecule has 2 aliphatic carbocycles. The molecule has 6 rings (SSSR count). The van der Waals surface area contributed by atoms with E-state index in [-0.39, 0.29) is 29.9 Å². The van der Waals surface area contributed by atoms with Crippen LogP contribution in [-0.4, -0.2) is 55.5 Å². The maximum atomic E-state index is 13.5. The molecule has 1 aromatic carbocycles. The molecule has 2 atom stereocenters. The lowest BCUT2D eigenvalue weighted by Gasteiger charge is -2.27. The maximum absolute atomic E-state index is 13.5. The summed E-state index contributed by atoms with van der Waals surface area (Å²) in [6.07, 6.45) is 10.3. The molecule has 0 bridgehead atoms. The fourth-order valence-corrected chi connectivity index (χ4v) is 4.88. The molecule has 9 nitrogen and oxygen atoms in total. The number of oxazole rings is 1. The first-order valence-corrected chi connectivity index (χ1v) is 11.6. The summed E-state index contributed by atoms with van der Waals surface area (Å²) in [5, 5.41) is 20.8. The van der Waals surface area contributed by atoms with E-state index in [1.54, 1.807) is 12.4 Å². The van der Waals surface area contributed by atoms with Crippen molar-refractivity contribution >= 4 is 5.91 Å². The summed E-state index contributed by atoms with van der Waals surface area (Å²) in [5.74, 6) is 1.02. The predicted molar refractivity (Wildman–Crippen MR) is 118 cm³/mol. The third kappa shape index (κ3) is 4.02. The first kappa shape index (κ1) is 20.1. The van der Waals surface area contributed by atoms with E-state index in [4.69, 9.17) is 4.42 Å². The Bertz CT molecular complexity index is 1200. The van der Waals surface area contributed by atoms with Gasteiger partial charge in [-0.2, -0.15) is 5.26 Å². The number of benzene rings is 1. The fourth-order valence-electron chi connectivity index (χ4n) is 4.88. The number of nitriles is 1. The van der Waals surface area contributed by atoms with Crippen molar-refractivity contribution in [1.29, 1.82) is 5.26 Å². The van der Waals surface area contributed by atoms with Gasteiger partial charge in [-0.1, -0.05) is 11.3 Å². The number of hydrogen-bond donors (Lipinski definition) is 1. The molecule has 168 valence electrons.